The number of benzene rings is 2. The van der Waals surface area contributed by atoms with E-state index in [4.69, 9.17) is 21.1 Å². The fourth-order valence-electron chi connectivity index (χ4n) is 1.83. The average Bonchev–Trinajstić information content (AvgIpc) is 2.47. The number of rotatable bonds is 4. The molecule has 0 aliphatic rings. The van der Waals surface area contributed by atoms with E-state index in [0.717, 1.165) is 5.56 Å². The van der Waals surface area contributed by atoms with Gasteiger partial charge in [-0.15, -0.1) is 0 Å². The van der Waals surface area contributed by atoms with Crippen molar-refractivity contribution in [2.45, 2.75) is 32.9 Å². The van der Waals surface area contributed by atoms with Gasteiger partial charge in [0.15, 0.2) is 5.75 Å². The molecular formula is C18H20ClNO3. The molecule has 4 nitrogen and oxygen atoms in total. The summed E-state index contributed by atoms with van der Waals surface area (Å²) in [4.78, 5) is 11.8. The van der Waals surface area contributed by atoms with Crippen molar-refractivity contribution in [1.82, 2.24) is 5.32 Å². The maximum atomic E-state index is 11.8. The van der Waals surface area contributed by atoms with E-state index in [1.54, 1.807) is 18.2 Å². The summed E-state index contributed by atoms with van der Waals surface area (Å²) in [5.74, 6) is 0.905. The second-order valence-electron chi connectivity index (χ2n) is 6.13. The first-order chi connectivity index (χ1) is 10.8. The van der Waals surface area contributed by atoms with E-state index in [-0.39, 0.29) is 5.54 Å². The molecule has 122 valence electrons. The lowest BCUT2D eigenvalue weighted by molar-refractivity contribution is 0.190. The summed E-state index contributed by atoms with van der Waals surface area (Å²) in [7, 11) is 0. The van der Waals surface area contributed by atoms with Crippen LogP contribution in [0.1, 0.15) is 26.3 Å². The third-order valence-corrected chi connectivity index (χ3v) is 3.13. The standard InChI is InChI=1S/C18H20ClNO3/c1-18(2,3)20-17(21)23-16-10-9-14(11-15(16)19)22-12-13-7-5-4-6-8-13/h4-11H,12H2,1-3H3,(H,20,21). The second kappa shape index (κ2) is 7.38. The predicted octanol–water partition coefficient (Wildman–Crippen LogP) is 4.81. The van der Waals surface area contributed by atoms with Crippen LogP contribution in [0.3, 0.4) is 0 Å². The molecule has 0 aliphatic carbocycles. The van der Waals surface area contributed by atoms with Gasteiger partial charge in [-0.25, -0.2) is 4.79 Å². The quantitative estimate of drug-likeness (QED) is 0.873. The van der Waals surface area contributed by atoms with E-state index in [0.29, 0.717) is 23.1 Å². The molecular weight excluding hydrogens is 314 g/mol. The summed E-state index contributed by atoms with van der Waals surface area (Å²) < 4.78 is 10.9. The van der Waals surface area contributed by atoms with Crippen LogP contribution < -0.4 is 14.8 Å². The van der Waals surface area contributed by atoms with Gasteiger partial charge in [0.25, 0.3) is 0 Å². The van der Waals surface area contributed by atoms with Gasteiger partial charge in [-0.1, -0.05) is 41.9 Å². The van der Waals surface area contributed by atoms with Crippen LogP contribution in [0.15, 0.2) is 48.5 Å². The maximum absolute atomic E-state index is 11.8. The Morgan fingerprint density at radius 1 is 1.13 bits per heavy atom. The molecule has 0 atom stereocenters. The van der Waals surface area contributed by atoms with Crippen LogP contribution in [0, 0.1) is 0 Å². The number of carbonyl (C=O) groups excluding carboxylic acids is 1. The minimum Gasteiger partial charge on any atom is -0.489 e. The molecule has 0 saturated heterocycles. The predicted molar refractivity (Wildman–Crippen MR) is 91.1 cm³/mol. The molecule has 0 radical (unpaired) electrons. The van der Waals surface area contributed by atoms with Crippen molar-refractivity contribution < 1.29 is 14.3 Å². The number of carbonyl (C=O) groups is 1. The number of nitrogens with one attached hydrogen (secondary N) is 1. The molecule has 2 rings (SSSR count). The van der Waals surface area contributed by atoms with Crippen LogP contribution in [0.4, 0.5) is 4.79 Å². The SMILES string of the molecule is CC(C)(C)NC(=O)Oc1ccc(OCc2ccccc2)cc1Cl. The molecule has 0 heterocycles. The van der Waals surface area contributed by atoms with Crippen LogP contribution in [0.25, 0.3) is 0 Å². The number of hydrogen-bond donors (Lipinski definition) is 1. The first-order valence-electron chi connectivity index (χ1n) is 7.30. The average molecular weight is 334 g/mol. The monoisotopic (exact) mass is 333 g/mol. The first-order valence-corrected chi connectivity index (χ1v) is 7.67. The van der Waals surface area contributed by atoms with Gasteiger partial charge < -0.3 is 14.8 Å². The van der Waals surface area contributed by atoms with Crippen LogP contribution in [0.2, 0.25) is 5.02 Å². The van der Waals surface area contributed by atoms with Gasteiger partial charge >= 0.3 is 6.09 Å². The summed E-state index contributed by atoms with van der Waals surface area (Å²) in [6.07, 6.45) is -0.544. The fourth-order valence-corrected chi connectivity index (χ4v) is 2.04. The summed E-state index contributed by atoms with van der Waals surface area (Å²) >= 11 is 6.14. The molecule has 1 N–H and O–H groups in total. The highest BCUT2D eigenvalue weighted by Crippen LogP contribution is 2.29. The van der Waals surface area contributed by atoms with Crippen molar-refractivity contribution in [3.63, 3.8) is 0 Å². The Morgan fingerprint density at radius 2 is 1.83 bits per heavy atom. The van der Waals surface area contributed by atoms with Gasteiger partial charge in [0.2, 0.25) is 0 Å². The highest BCUT2D eigenvalue weighted by Gasteiger charge is 2.16. The number of hydrogen-bond acceptors (Lipinski definition) is 3. The van der Waals surface area contributed by atoms with Crippen molar-refractivity contribution >= 4 is 17.7 Å². The summed E-state index contributed by atoms with van der Waals surface area (Å²) in [6, 6.07) is 14.8. The van der Waals surface area contributed by atoms with Gasteiger partial charge in [-0.3, -0.25) is 0 Å². The van der Waals surface area contributed by atoms with Crippen molar-refractivity contribution in [1.29, 1.82) is 0 Å². The third kappa shape index (κ3) is 5.83. The Bertz CT molecular complexity index is 666. The molecule has 5 heteroatoms. The van der Waals surface area contributed by atoms with Crippen LogP contribution in [-0.2, 0) is 6.61 Å². The van der Waals surface area contributed by atoms with E-state index < -0.39 is 6.09 Å². The lowest BCUT2D eigenvalue weighted by atomic mass is 10.1. The maximum Gasteiger partial charge on any atom is 0.413 e. The van der Waals surface area contributed by atoms with Gasteiger partial charge in [0, 0.05) is 11.6 Å². The lowest BCUT2D eigenvalue weighted by Gasteiger charge is -2.20. The minimum absolute atomic E-state index is 0.292. The van der Waals surface area contributed by atoms with Gasteiger partial charge in [-0.05, 0) is 38.5 Å². The van der Waals surface area contributed by atoms with E-state index in [1.165, 1.54) is 0 Å². The molecule has 1 amide bonds. The second-order valence-corrected chi connectivity index (χ2v) is 6.54. The third-order valence-electron chi connectivity index (χ3n) is 2.83. The van der Waals surface area contributed by atoms with Gasteiger partial charge in [0.1, 0.15) is 12.4 Å². The number of amides is 1. The van der Waals surface area contributed by atoms with Gasteiger partial charge in [0.05, 0.1) is 5.02 Å². The zero-order chi connectivity index (χ0) is 16.9. The van der Waals surface area contributed by atoms with Crippen LogP contribution in [0.5, 0.6) is 11.5 Å². The summed E-state index contributed by atoms with van der Waals surface area (Å²) in [5.41, 5.74) is 0.691. The molecule has 2 aromatic carbocycles. The first kappa shape index (κ1) is 17.2. The minimum atomic E-state index is -0.544. The van der Waals surface area contributed by atoms with Crippen LogP contribution in [-0.4, -0.2) is 11.6 Å². The highest BCUT2D eigenvalue weighted by atomic mass is 35.5. The number of halogens is 1. The van der Waals surface area contributed by atoms with E-state index >= 15 is 0 Å². The Kier molecular flexibility index (Phi) is 5.50. The Balaban J connectivity index is 1.96. The zero-order valence-electron chi connectivity index (χ0n) is 13.4. The molecule has 0 bridgehead atoms. The molecule has 2 aromatic rings. The molecule has 23 heavy (non-hydrogen) atoms. The van der Waals surface area contributed by atoms with Crippen LogP contribution >= 0.6 is 11.6 Å². The van der Waals surface area contributed by atoms with Crippen molar-refractivity contribution in [2.24, 2.45) is 0 Å². The van der Waals surface area contributed by atoms with Crippen molar-refractivity contribution in [2.75, 3.05) is 0 Å². The number of ether oxygens (including phenoxy) is 2. The fraction of sp³-hybridized carbons (Fsp3) is 0.278. The van der Waals surface area contributed by atoms with Crippen molar-refractivity contribution in [3.05, 3.63) is 59.1 Å². The molecule has 0 unspecified atom stereocenters. The summed E-state index contributed by atoms with van der Waals surface area (Å²) in [5, 5.41) is 3.02. The van der Waals surface area contributed by atoms with E-state index in [2.05, 4.69) is 5.32 Å². The largest absolute Gasteiger partial charge is 0.489 e. The van der Waals surface area contributed by atoms with Crippen molar-refractivity contribution in [3.8, 4) is 11.5 Å². The van der Waals surface area contributed by atoms with E-state index in [1.807, 2.05) is 51.1 Å². The Hall–Kier alpha value is -2.20. The molecule has 0 saturated carbocycles. The topological polar surface area (TPSA) is 47.6 Å². The highest BCUT2D eigenvalue weighted by molar-refractivity contribution is 6.32. The van der Waals surface area contributed by atoms with E-state index in [9.17, 15) is 4.79 Å². The Morgan fingerprint density at radius 3 is 2.43 bits per heavy atom. The molecule has 0 spiro atoms. The Labute approximate surface area is 141 Å². The zero-order valence-corrected chi connectivity index (χ0v) is 14.2. The normalized spacial score (nSPS) is 11.0. The smallest absolute Gasteiger partial charge is 0.413 e. The molecule has 0 aromatic heterocycles. The lowest BCUT2D eigenvalue weighted by Crippen LogP contribution is -2.42. The molecule has 0 fully saturated rings. The molecule has 0 aliphatic heterocycles. The van der Waals surface area contributed by atoms with Gasteiger partial charge in [-0.2, -0.15) is 0 Å². The summed E-state index contributed by atoms with van der Waals surface area (Å²) in [6.45, 7) is 6.06.